The molecule has 2 heterocycles. The van der Waals surface area contributed by atoms with Crippen LogP contribution in [0.1, 0.15) is 11.1 Å². The number of hydrogen-bond donors (Lipinski definition) is 3. The van der Waals surface area contributed by atoms with E-state index in [1.54, 1.807) is 6.20 Å². The fraction of sp³-hybridized carbons (Fsp3) is 0.0741. The molecule has 2 aromatic heterocycles. The largest absolute Gasteiger partial charge is 0.397 e. The number of anilines is 3. The molecule has 0 fully saturated rings. The Kier molecular flexibility index (Phi) is 6.25. The third-order valence-electron chi connectivity index (χ3n) is 6.33. The molecule has 0 spiro atoms. The van der Waals surface area contributed by atoms with Crippen molar-refractivity contribution in [3.63, 3.8) is 0 Å². The van der Waals surface area contributed by atoms with Gasteiger partial charge in [-0.2, -0.15) is 0 Å². The summed E-state index contributed by atoms with van der Waals surface area (Å²) in [6.07, 6.45) is 3.13. The molecule has 0 atom stereocenters. The van der Waals surface area contributed by atoms with Crippen LogP contribution in [0.25, 0.3) is 27.7 Å². The number of rotatable bonds is 4. The van der Waals surface area contributed by atoms with Crippen molar-refractivity contribution >= 4 is 51.0 Å². The second-order valence-electron chi connectivity index (χ2n) is 8.67. The number of aryl methyl sites for hydroxylation is 2. The molecule has 0 unspecified atom stereocenters. The minimum absolute atomic E-state index is 0.0131. The number of halogens is 2. The molecule has 10 heteroatoms. The van der Waals surface area contributed by atoms with E-state index >= 15 is 0 Å². The summed E-state index contributed by atoms with van der Waals surface area (Å²) in [5, 5.41) is 3.01. The van der Waals surface area contributed by atoms with E-state index in [0.717, 1.165) is 26.1 Å². The van der Waals surface area contributed by atoms with E-state index < -0.39 is 11.2 Å². The molecule has 0 saturated carbocycles. The van der Waals surface area contributed by atoms with Crippen molar-refractivity contribution < 1.29 is 0 Å². The number of benzene rings is 3. The van der Waals surface area contributed by atoms with Gasteiger partial charge in [-0.3, -0.25) is 14.8 Å². The summed E-state index contributed by atoms with van der Waals surface area (Å²) >= 11 is 12.4. The number of aromatic amines is 1. The predicted octanol–water partition coefficient (Wildman–Crippen LogP) is 5.26. The monoisotopic (exact) mass is 532 g/mol. The Morgan fingerprint density at radius 2 is 1.68 bits per heavy atom. The van der Waals surface area contributed by atoms with Crippen LogP contribution in [0.4, 0.5) is 17.1 Å². The third-order valence-corrected chi connectivity index (χ3v) is 7.05. The first-order valence-corrected chi connectivity index (χ1v) is 12.0. The number of nitrogens with zero attached hydrogens (tertiary/aromatic N) is 3. The van der Waals surface area contributed by atoms with Crippen LogP contribution < -0.4 is 27.8 Å². The van der Waals surface area contributed by atoms with Crippen molar-refractivity contribution in [1.29, 1.82) is 0 Å². The van der Waals surface area contributed by atoms with E-state index in [4.69, 9.17) is 34.8 Å². The fourth-order valence-corrected chi connectivity index (χ4v) is 4.56. The highest BCUT2D eigenvalue weighted by molar-refractivity contribution is 6.42. The predicted molar refractivity (Wildman–Crippen MR) is 150 cm³/mol. The van der Waals surface area contributed by atoms with E-state index in [9.17, 15) is 9.59 Å². The van der Waals surface area contributed by atoms with Crippen molar-refractivity contribution in [2.75, 3.05) is 10.7 Å². The van der Waals surface area contributed by atoms with E-state index in [1.165, 1.54) is 18.3 Å². The first-order chi connectivity index (χ1) is 17.7. The van der Waals surface area contributed by atoms with Gasteiger partial charge >= 0.3 is 5.69 Å². The molecule has 0 aliphatic heterocycles. The number of nitrogens with one attached hydrogen (secondary N) is 1. The van der Waals surface area contributed by atoms with Crippen molar-refractivity contribution in [3.05, 3.63) is 109 Å². The zero-order valence-electron chi connectivity index (χ0n) is 19.9. The van der Waals surface area contributed by atoms with E-state index in [2.05, 4.69) is 9.97 Å². The number of aromatic nitrogens is 3. The standard InChI is InChI=1S/C27H22Cl2N6O2/c1-14-7-8-16(9-15(14)2)24-25(35(31)22-11-20(29)19(28)10-21(22)30)26(36)34(27(37)33-24)23-13-32-12-17-5-3-4-6-18(17)23/h3-13H,30-31H2,1-2H3,(H,33,37). The van der Waals surface area contributed by atoms with E-state index in [1.807, 2.05) is 56.3 Å². The average molecular weight is 533 g/mol. The number of H-pyrrole nitrogens is 1. The van der Waals surface area contributed by atoms with Crippen LogP contribution in [0.15, 0.2) is 76.6 Å². The molecule has 5 N–H and O–H groups in total. The van der Waals surface area contributed by atoms with Crippen molar-refractivity contribution in [3.8, 4) is 16.9 Å². The summed E-state index contributed by atoms with van der Waals surface area (Å²) < 4.78 is 1.02. The molecular weight excluding hydrogens is 511 g/mol. The second kappa shape index (κ2) is 9.40. The molecule has 0 aliphatic rings. The lowest BCUT2D eigenvalue weighted by Crippen LogP contribution is -2.41. The van der Waals surface area contributed by atoms with E-state index in [0.29, 0.717) is 16.6 Å². The Balaban J connectivity index is 1.86. The van der Waals surface area contributed by atoms with Gasteiger partial charge < -0.3 is 10.7 Å². The molecule has 5 rings (SSSR count). The lowest BCUT2D eigenvalue weighted by Gasteiger charge is -2.24. The summed E-state index contributed by atoms with van der Waals surface area (Å²) in [6, 6.07) is 15.8. The molecule has 5 aromatic rings. The summed E-state index contributed by atoms with van der Waals surface area (Å²) in [5.41, 5.74) is 8.51. The average Bonchev–Trinajstić information content (AvgIpc) is 2.87. The lowest BCUT2D eigenvalue weighted by atomic mass is 10.0. The second-order valence-corrected chi connectivity index (χ2v) is 9.48. The van der Waals surface area contributed by atoms with Gasteiger partial charge in [0.25, 0.3) is 5.56 Å². The van der Waals surface area contributed by atoms with Crippen molar-refractivity contribution in [2.45, 2.75) is 13.8 Å². The Labute approximate surface area is 221 Å². The minimum Gasteiger partial charge on any atom is -0.397 e. The lowest BCUT2D eigenvalue weighted by molar-refractivity contribution is 0.866. The molecule has 37 heavy (non-hydrogen) atoms. The number of nitrogen functional groups attached to an aromatic ring is 1. The highest BCUT2D eigenvalue weighted by Crippen LogP contribution is 2.37. The van der Waals surface area contributed by atoms with Crippen LogP contribution in [0.2, 0.25) is 10.0 Å². The quantitative estimate of drug-likeness (QED) is 0.165. The van der Waals surface area contributed by atoms with Crippen LogP contribution in [0.3, 0.4) is 0 Å². The van der Waals surface area contributed by atoms with E-state index in [-0.39, 0.29) is 32.8 Å². The van der Waals surface area contributed by atoms with Gasteiger partial charge in [0.2, 0.25) is 0 Å². The van der Waals surface area contributed by atoms with Gasteiger partial charge in [0.05, 0.1) is 39.0 Å². The summed E-state index contributed by atoms with van der Waals surface area (Å²) in [5.74, 6) is 6.55. The fourth-order valence-electron chi connectivity index (χ4n) is 4.23. The molecule has 0 amide bonds. The zero-order valence-corrected chi connectivity index (χ0v) is 21.4. The Hall–Kier alpha value is -4.11. The number of hydrogen-bond acceptors (Lipinski definition) is 6. The number of fused-ring (bicyclic) bond motifs is 1. The molecule has 0 bridgehead atoms. The van der Waals surface area contributed by atoms with Crippen molar-refractivity contribution in [1.82, 2.24) is 14.5 Å². The molecular formula is C27H22Cl2N6O2. The summed E-state index contributed by atoms with van der Waals surface area (Å²) in [6.45, 7) is 3.91. The topological polar surface area (TPSA) is 123 Å². The van der Waals surface area contributed by atoms with Gasteiger partial charge in [0, 0.05) is 22.5 Å². The molecule has 0 saturated heterocycles. The third kappa shape index (κ3) is 4.25. The van der Waals surface area contributed by atoms with Crippen LogP contribution >= 0.6 is 23.2 Å². The molecule has 8 nitrogen and oxygen atoms in total. The zero-order chi connectivity index (χ0) is 26.4. The minimum atomic E-state index is -0.664. The Morgan fingerprint density at radius 1 is 0.946 bits per heavy atom. The maximum absolute atomic E-state index is 14.2. The number of hydrazine groups is 1. The van der Waals surface area contributed by atoms with Crippen LogP contribution in [-0.2, 0) is 0 Å². The van der Waals surface area contributed by atoms with Crippen LogP contribution in [0, 0.1) is 13.8 Å². The van der Waals surface area contributed by atoms with Gasteiger partial charge in [0.15, 0.2) is 0 Å². The smallest absolute Gasteiger partial charge is 0.333 e. The van der Waals surface area contributed by atoms with Gasteiger partial charge in [0.1, 0.15) is 5.69 Å². The van der Waals surface area contributed by atoms with Gasteiger partial charge in [-0.1, -0.05) is 59.6 Å². The molecule has 3 aromatic carbocycles. The highest BCUT2D eigenvalue weighted by Gasteiger charge is 2.24. The summed E-state index contributed by atoms with van der Waals surface area (Å²) in [7, 11) is 0. The highest BCUT2D eigenvalue weighted by atomic mass is 35.5. The first-order valence-electron chi connectivity index (χ1n) is 11.3. The molecule has 0 radical (unpaired) electrons. The van der Waals surface area contributed by atoms with Crippen LogP contribution in [-0.4, -0.2) is 14.5 Å². The van der Waals surface area contributed by atoms with Gasteiger partial charge in [-0.15, -0.1) is 0 Å². The Bertz CT molecular complexity index is 1810. The number of pyridine rings is 1. The maximum Gasteiger partial charge on any atom is 0.333 e. The number of nitrogens with two attached hydrogens (primary N) is 2. The van der Waals surface area contributed by atoms with Crippen molar-refractivity contribution in [2.24, 2.45) is 5.84 Å². The van der Waals surface area contributed by atoms with Crippen LogP contribution in [0.5, 0.6) is 0 Å². The Morgan fingerprint density at radius 3 is 2.43 bits per heavy atom. The first kappa shape index (κ1) is 24.6. The molecule has 186 valence electrons. The van der Waals surface area contributed by atoms with Gasteiger partial charge in [-0.05, 0) is 43.2 Å². The van der Waals surface area contributed by atoms with Gasteiger partial charge in [-0.25, -0.2) is 15.2 Å². The normalized spacial score (nSPS) is 11.2. The SMILES string of the molecule is Cc1ccc(-c2[nH]c(=O)n(-c3cncc4ccccc34)c(=O)c2N(N)c2cc(Cl)c(Cl)cc2N)cc1C. The summed E-state index contributed by atoms with van der Waals surface area (Å²) in [4.78, 5) is 34.7. The molecule has 0 aliphatic carbocycles. The maximum atomic E-state index is 14.2.